The van der Waals surface area contributed by atoms with Gasteiger partial charge in [0.2, 0.25) is 0 Å². The van der Waals surface area contributed by atoms with Crippen molar-refractivity contribution in [2.24, 2.45) is 0 Å². The lowest BCUT2D eigenvalue weighted by atomic mass is 10.0. The Morgan fingerprint density at radius 2 is 1.50 bits per heavy atom. The first kappa shape index (κ1) is 14.8. The lowest BCUT2D eigenvalue weighted by molar-refractivity contribution is -0.153. The number of benzene rings is 2. The summed E-state index contributed by atoms with van der Waals surface area (Å²) in [5.41, 5.74) is 0.823. The van der Waals surface area contributed by atoms with Crippen molar-refractivity contribution in [1.82, 2.24) is 0 Å². The first-order valence-electron chi connectivity index (χ1n) is 7.11. The van der Waals surface area contributed by atoms with E-state index in [1.54, 1.807) is 30.3 Å². The molecule has 1 saturated heterocycles. The summed E-state index contributed by atoms with van der Waals surface area (Å²) in [5, 5.41) is -0.749. The van der Waals surface area contributed by atoms with Crippen molar-refractivity contribution in [1.29, 1.82) is 0 Å². The lowest BCUT2D eigenvalue weighted by Gasteiger charge is -2.29. The van der Waals surface area contributed by atoms with Crippen LogP contribution in [0.4, 0.5) is 0 Å². The monoisotopic (exact) mass is 316 g/mol. The maximum absolute atomic E-state index is 12.7. The van der Waals surface area contributed by atoms with E-state index in [1.807, 2.05) is 30.3 Å². The summed E-state index contributed by atoms with van der Waals surface area (Å²) in [6.45, 7) is 0. The van der Waals surface area contributed by atoms with Crippen molar-refractivity contribution in [3.63, 3.8) is 0 Å². The van der Waals surface area contributed by atoms with Crippen molar-refractivity contribution in [3.05, 3.63) is 66.2 Å². The molecule has 2 unspecified atom stereocenters. The molecule has 1 heterocycles. The summed E-state index contributed by atoms with van der Waals surface area (Å²) >= 11 is 0. The molecular formula is C17H16O4S. The van der Waals surface area contributed by atoms with Crippen LogP contribution < -0.4 is 0 Å². The third-order valence-electron chi connectivity index (χ3n) is 3.83. The molecular weight excluding hydrogens is 300 g/mol. The second-order valence-corrected chi connectivity index (χ2v) is 7.54. The third-order valence-corrected chi connectivity index (χ3v) is 5.99. The topological polar surface area (TPSA) is 60.4 Å². The van der Waals surface area contributed by atoms with Crippen LogP contribution in [0, 0.1) is 0 Å². The van der Waals surface area contributed by atoms with Crippen LogP contribution in [0.2, 0.25) is 0 Å². The normalized spacial score (nSPS) is 22.1. The van der Waals surface area contributed by atoms with Crippen LogP contribution in [0.25, 0.3) is 0 Å². The second kappa shape index (κ2) is 5.93. The van der Waals surface area contributed by atoms with Crippen LogP contribution >= 0.6 is 0 Å². The smallest absolute Gasteiger partial charge is 0.307 e. The minimum absolute atomic E-state index is 0.0967. The molecule has 2 aromatic carbocycles. The van der Waals surface area contributed by atoms with Gasteiger partial charge in [-0.15, -0.1) is 0 Å². The fourth-order valence-corrected chi connectivity index (χ4v) is 4.38. The molecule has 5 heteroatoms. The van der Waals surface area contributed by atoms with Gasteiger partial charge in [-0.25, -0.2) is 8.42 Å². The molecule has 4 nitrogen and oxygen atoms in total. The molecule has 1 aliphatic heterocycles. The predicted octanol–water partition coefficient (Wildman–Crippen LogP) is 2.91. The number of cyclic esters (lactones) is 1. The van der Waals surface area contributed by atoms with Gasteiger partial charge in [-0.1, -0.05) is 48.5 Å². The number of sulfone groups is 1. The Bertz CT molecular complexity index is 754. The maximum atomic E-state index is 12.7. The number of carbonyl (C=O) groups is 1. The summed E-state index contributed by atoms with van der Waals surface area (Å²) in [6.07, 6.45) is -0.320. The van der Waals surface area contributed by atoms with Gasteiger partial charge >= 0.3 is 5.97 Å². The van der Waals surface area contributed by atoms with Crippen molar-refractivity contribution < 1.29 is 17.9 Å². The molecule has 0 aromatic heterocycles. The number of hydrogen-bond donors (Lipinski definition) is 0. The number of rotatable bonds is 3. The Morgan fingerprint density at radius 1 is 0.909 bits per heavy atom. The van der Waals surface area contributed by atoms with Gasteiger partial charge < -0.3 is 4.74 Å². The molecule has 114 valence electrons. The Kier molecular flexibility index (Phi) is 3.98. The molecule has 1 fully saturated rings. The summed E-state index contributed by atoms with van der Waals surface area (Å²) in [6, 6.07) is 17.5. The molecule has 0 bridgehead atoms. The Morgan fingerprint density at radius 3 is 2.14 bits per heavy atom. The SMILES string of the molecule is O=C1CC(S(=O)(=O)c2ccccc2)CC(c2ccccc2)O1. The molecule has 2 aromatic rings. The average molecular weight is 316 g/mol. The minimum Gasteiger partial charge on any atom is -0.457 e. The fraction of sp³-hybridized carbons (Fsp3) is 0.235. The number of ether oxygens (including phenoxy) is 1. The quantitative estimate of drug-likeness (QED) is 0.817. The van der Waals surface area contributed by atoms with Crippen LogP contribution in [-0.2, 0) is 19.4 Å². The zero-order valence-corrected chi connectivity index (χ0v) is 12.7. The molecule has 0 radical (unpaired) electrons. The van der Waals surface area contributed by atoms with E-state index in [2.05, 4.69) is 0 Å². The van der Waals surface area contributed by atoms with Gasteiger partial charge in [0, 0.05) is 6.42 Å². The first-order valence-corrected chi connectivity index (χ1v) is 8.65. The zero-order valence-electron chi connectivity index (χ0n) is 11.9. The van der Waals surface area contributed by atoms with Crippen LogP contribution in [0.1, 0.15) is 24.5 Å². The minimum atomic E-state index is -3.54. The summed E-state index contributed by atoms with van der Waals surface area (Å²) in [5.74, 6) is -0.468. The maximum Gasteiger partial charge on any atom is 0.307 e. The third kappa shape index (κ3) is 2.90. The summed E-state index contributed by atoms with van der Waals surface area (Å²) in [4.78, 5) is 12.1. The number of hydrogen-bond acceptors (Lipinski definition) is 4. The Balaban J connectivity index is 1.90. The molecule has 0 aliphatic carbocycles. The molecule has 0 spiro atoms. The highest BCUT2D eigenvalue weighted by molar-refractivity contribution is 7.92. The van der Waals surface area contributed by atoms with Crippen LogP contribution in [0.3, 0.4) is 0 Å². The standard InChI is InChI=1S/C17H16O4S/c18-17-12-15(22(19,20)14-9-5-2-6-10-14)11-16(21-17)13-7-3-1-4-8-13/h1-10,15-16H,11-12H2. The number of carbonyl (C=O) groups excluding carboxylic acids is 1. The van der Waals surface area contributed by atoms with Gasteiger partial charge in [-0.2, -0.15) is 0 Å². The molecule has 0 amide bonds. The van der Waals surface area contributed by atoms with E-state index in [9.17, 15) is 13.2 Å². The highest BCUT2D eigenvalue weighted by atomic mass is 32.2. The predicted molar refractivity (Wildman–Crippen MR) is 81.9 cm³/mol. The van der Waals surface area contributed by atoms with E-state index < -0.39 is 27.2 Å². The molecule has 22 heavy (non-hydrogen) atoms. The van der Waals surface area contributed by atoms with Crippen molar-refractivity contribution >= 4 is 15.8 Å². The van der Waals surface area contributed by atoms with Crippen molar-refractivity contribution in [2.45, 2.75) is 29.1 Å². The highest BCUT2D eigenvalue weighted by Gasteiger charge is 2.38. The van der Waals surface area contributed by atoms with Gasteiger partial charge in [0.15, 0.2) is 9.84 Å². The summed E-state index contributed by atoms with van der Waals surface area (Å²) in [7, 11) is -3.54. The van der Waals surface area contributed by atoms with Crippen LogP contribution in [-0.4, -0.2) is 19.6 Å². The van der Waals surface area contributed by atoms with Gasteiger partial charge in [0.1, 0.15) is 6.10 Å². The largest absolute Gasteiger partial charge is 0.457 e. The van der Waals surface area contributed by atoms with Gasteiger partial charge in [-0.05, 0) is 17.7 Å². The van der Waals surface area contributed by atoms with E-state index in [4.69, 9.17) is 4.74 Å². The molecule has 1 aliphatic rings. The van der Waals surface area contributed by atoms with Gasteiger partial charge in [0.05, 0.1) is 16.6 Å². The van der Waals surface area contributed by atoms with E-state index in [0.29, 0.717) is 0 Å². The van der Waals surface area contributed by atoms with Gasteiger partial charge in [0.25, 0.3) is 0 Å². The fourth-order valence-electron chi connectivity index (χ4n) is 2.67. The van der Waals surface area contributed by atoms with E-state index in [-0.39, 0.29) is 17.7 Å². The van der Waals surface area contributed by atoms with E-state index in [0.717, 1.165) is 5.56 Å². The second-order valence-electron chi connectivity index (χ2n) is 5.31. The van der Waals surface area contributed by atoms with Gasteiger partial charge in [-0.3, -0.25) is 4.79 Å². The molecule has 3 rings (SSSR count). The van der Waals surface area contributed by atoms with E-state index >= 15 is 0 Å². The Labute approximate surface area is 129 Å². The highest BCUT2D eigenvalue weighted by Crippen LogP contribution is 2.34. The average Bonchev–Trinajstić information content (AvgIpc) is 2.56. The molecule has 0 N–H and O–H groups in total. The van der Waals surface area contributed by atoms with Crippen molar-refractivity contribution in [2.75, 3.05) is 0 Å². The Hall–Kier alpha value is -2.14. The first-order chi connectivity index (χ1) is 10.6. The molecule has 0 saturated carbocycles. The van der Waals surface area contributed by atoms with Crippen LogP contribution in [0.15, 0.2) is 65.6 Å². The van der Waals surface area contributed by atoms with E-state index in [1.165, 1.54) is 0 Å². The lowest BCUT2D eigenvalue weighted by Crippen LogP contribution is -2.33. The zero-order chi connectivity index (χ0) is 15.6. The summed E-state index contributed by atoms with van der Waals surface area (Å²) < 4.78 is 30.7. The van der Waals surface area contributed by atoms with Crippen molar-refractivity contribution in [3.8, 4) is 0 Å². The number of esters is 1. The van der Waals surface area contributed by atoms with Crippen LogP contribution in [0.5, 0.6) is 0 Å². The molecule has 2 atom stereocenters.